The highest BCUT2D eigenvalue weighted by molar-refractivity contribution is 7.89. The van der Waals surface area contributed by atoms with Gasteiger partial charge in [-0.2, -0.15) is 4.31 Å². The number of morpholine rings is 1. The van der Waals surface area contributed by atoms with Crippen LogP contribution in [0.15, 0.2) is 58.2 Å². The van der Waals surface area contributed by atoms with Crippen LogP contribution in [0.4, 0.5) is 0 Å². The first-order valence-electron chi connectivity index (χ1n) is 9.71. The highest BCUT2D eigenvalue weighted by Gasteiger charge is 2.26. The van der Waals surface area contributed by atoms with Crippen LogP contribution in [-0.2, 0) is 32.6 Å². The molecule has 0 saturated carbocycles. The molecule has 2 heterocycles. The summed E-state index contributed by atoms with van der Waals surface area (Å²) in [6.45, 7) is 1.35. The number of hydrogen-bond acceptors (Lipinski definition) is 7. The van der Waals surface area contributed by atoms with Crippen LogP contribution in [0, 0.1) is 0 Å². The van der Waals surface area contributed by atoms with Crippen molar-refractivity contribution in [1.29, 1.82) is 0 Å². The van der Waals surface area contributed by atoms with Crippen LogP contribution in [0.25, 0.3) is 10.9 Å². The average Bonchev–Trinajstić information content (AvgIpc) is 2.80. The molecule has 1 saturated heterocycles. The van der Waals surface area contributed by atoms with Crippen molar-refractivity contribution in [3.05, 3.63) is 64.4 Å². The first-order chi connectivity index (χ1) is 14.9. The van der Waals surface area contributed by atoms with E-state index in [1.807, 2.05) is 0 Å². The van der Waals surface area contributed by atoms with Crippen molar-refractivity contribution in [2.75, 3.05) is 26.3 Å². The molecule has 162 valence electrons. The number of fused-ring (bicyclic) bond motifs is 1. The molecule has 4 rings (SSSR count). The number of sulfonamides is 1. The lowest BCUT2D eigenvalue weighted by molar-refractivity contribution is -0.122. The standard InChI is InChI=1S/C20H21N5O5S/c26-19(14-25-20(27)17-3-1-2-4-18(17)22-23-25)21-13-15-5-7-16(8-6-15)31(28,29)24-9-11-30-12-10-24/h1-8H,9-14H2,(H,21,26). The highest BCUT2D eigenvalue weighted by Crippen LogP contribution is 2.17. The number of carbonyl (C=O) groups excluding carboxylic acids is 1. The summed E-state index contributed by atoms with van der Waals surface area (Å²) in [6, 6.07) is 13.1. The summed E-state index contributed by atoms with van der Waals surface area (Å²) in [7, 11) is -3.56. The minimum absolute atomic E-state index is 0.187. The molecule has 1 aliphatic rings. The van der Waals surface area contributed by atoms with Crippen molar-refractivity contribution in [2.24, 2.45) is 0 Å². The van der Waals surface area contributed by atoms with Crippen LogP contribution in [0.3, 0.4) is 0 Å². The van der Waals surface area contributed by atoms with Crippen molar-refractivity contribution < 1.29 is 17.9 Å². The fraction of sp³-hybridized carbons (Fsp3) is 0.300. The molecule has 11 heteroatoms. The Bertz CT molecular complexity index is 1250. The molecule has 0 unspecified atom stereocenters. The van der Waals surface area contributed by atoms with E-state index < -0.39 is 21.5 Å². The molecule has 1 aliphatic heterocycles. The van der Waals surface area contributed by atoms with Gasteiger partial charge in [-0.3, -0.25) is 9.59 Å². The number of amides is 1. The first-order valence-corrected chi connectivity index (χ1v) is 11.2. The zero-order chi connectivity index (χ0) is 21.8. The Morgan fingerprint density at radius 1 is 1.06 bits per heavy atom. The third-order valence-corrected chi connectivity index (χ3v) is 6.86. The zero-order valence-electron chi connectivity index (χ0n) is 16.6. The van der Waals surface area contributed by atoms with Gasteiger partial charge in [-0.05, 0) is 29.8 Å². The summed E-state index contributed by atoms with van der Waals surface area (Å²) in [6.07, 6.45) is 0. The Morgan fingerprint density at radius 2 is 1.77 bits per heavy atom. The lowest BCUT2D eigenvalue weighted by Gasteiger charge is -2.26. The molecule has 0 atom stereocenters. The molecular formula is C20H21N5O5S. The molecule has 0 spiro atoms. The van der Waals surface area contributed by atoms with E-state index in [-0.39, 0.29) is 18.0 Å². The van der Waals surface area contributed by atoms with E-state index in [0.717, 1.165) is 10.2 Å². The van der Waals surface area contributed by atoms with Gasteiger partial charge in [0.1, 0.15) is 12.1 Å². The number of carbonyl (C=O) groups is 1. The van der Waals surface area contributed by atoms with E-state index in [2.05, 4.69) is 15.6 Å². The van der Waals surface area contributed by atoms with Gasteiger partial charge in [-0.15, -0.1) is 5.10 Å². The van der Waals surface area contributed by atoms with Gasteiger partial charge in [0, 0.05) is 19.6 Å². The second-order valence-electron chi connectivity index (χ2n) is 7.01. The molecule has 2 aromatic carbocycles. The highest BCUT2D eigenvalue weighted by atomic mass is 32.2. The second kappa shape index (κ2) is 8.92. The maximum Gasteiger partial charge on any atom is 0.278 e. The normalized spacial score (nSPS) is 15.1. The van der Waals surface area contributed by atoms with Crippen molar-refractivity contribution in [3.63, 3.8) is 0 Å². The molecule has 0 bridgehead atoms. The molecule has 10 nitrogen and oxygen atoms in total. The summed E-state index contributed by atoms with van der Waals surface area (Å²) < 4.78 is 32.9. The number of hydrogen-bond donors (Lipinski definition) is 1. The number of rotatable bonds is 6. The van der Waals surface area contributed by atoms with Gasteiger partial charge in [0.05, 0.1) is 23.5 Å². The van der Waals surface area contributed by atoms with Crippen molar-refractivity contribution in [3.8, 4) is 0 Å². The molecule has 0 aliphatic carbocycles. The number of aromatic nitrogens is 3. The molecule has 31 heavy (non-hydrogen) atoms. The van der Waals surface area contributed by atoms with Crippen LogP contribution < -0.4 is 10.9 Å². The van der Waals surface area contributed by atoms with Gasteiger partial charge in [0.25, 0.3) is 5.56 Å². The monoisotopic (exact) mass is 443 g/mol. The summed E-state index contributed by atoms with van der Waals surface area (Å²) >= 11 is 0. The topological polar surface area (TPSA) is 123 Å². The van der Waals surface area contributed by atoms with Gasteiger partial charge in [-0.1, -0.05) is 29.5 Å². The fourth-order valence-electron chi connectivity index (χ4n) is 3.23. The van der Waals surface area contributed by atoms with Crippen LogP contribution >= 0.6 is 0 Å². The SMILES string of the molecule is O=C(Cn1nnc2ccccc2c1=O)NCc1ccc(S(=O)(=O)N2CCOCC2)cc1. The Morgan fingerprint density at radius 3 is 2.52 bits per heavy atom. The molecular weight excluding hydrogens is 422 g/mol. The lowest BCUT2D eigenvalue weighted by atomic mass is 10.2. The van der Waals surface area contributed by atoms with Gasteiger partial charge < -0.3 is 10.1 Å². The Balaban J connectivity index is 1.38. The van der Waals surface area contributed by atoms with E-state index in [0.29, 0.717) is 37.2 Å². The first kappa shape index (κ1) is 21.1. The largest absolute Gasteiger partial charge is 0.379 e. The summed E-state index contributed by atoms with van der Waals surface area (Å²) in [5.41, 5.74) is 0.806. The minimum atomic E-state index is -3.56. The number of ether oxygens (including phenoxy) is 1. The third kappa shape index (κ3) is 4.63. The zero-order valence-corrected chi connectivity index (χ0v) is 17.4. The van der Waals surface area contributed by atoms with E-state index >= 15 is 0 Å². The van der Waals surface area contributed by atoms with Crippen molar-refractivity contribution in [1.82, 2.24) is 24.6 Å². The average molecular weight is 443 g/mol. The molecule has 1 aromatic heterocycles. The maximum absolute atomic E-state index is 12.6. The Hall–Kier alpha value is -3.15. The Kier molecular flexibility index (Phi) is 6.07. The Labute approximate surface area is 178 Å². The van der Waals surface area contributed by atoms with Gasteiger partial charge >= 0.3 is 0 Å². The molecule has 0 radical (unpaired) electrons. The lowest BCUT2D eigenvalue weighted by Crippen LogP contribution is -2.40. The number of nitrogens with one attached hydrogen (secondary N) is 1. The van der Waals surface area contributed by atoms with Gasteiger partial charge in [0.15, 0.2) is 0 Å². The van der Waals surface area contributed by atoms with Crippen LogP contribution in [0.5, 0.6) is 0 Å². The van der Waals surface area contributed by atoms with E-state index in [4.69, 9.17) is 4.74 Å². The predicted molar refractivity (Wildman–Crippen MR) is 112 cm³/mol. The molecule has 1 N–H and O–H groups in total. The van der Waals surface area contributed by atoms with E-state index in [1.54, 1.807) is 36.4 Å². The van der Waals surface area contributed by atoms with Crippen LogP contribution in [-0.4, -0.2) is 59.9 Å². The molecule has 3 aromatic rings. The summed E-state index contributed by atoms with van der Waals surface area (Å²) in [4.78, 5) is 24.9. The van der Waals surface area contributed by atoms with E-state index in [9.17, 15) is 18.0 Å². The minimum Gasteiger partial charge on any atom is -0.379 e. The second-order valence-corrected chi connectivity index (χ2v) is 8.94. The van der Waals surface area contributed by atoms with Crippen molar-refractivity contribution >= 4 is 26.8 Å². The van der Waals surface area contributed by atoms with Crippen LogP contribution in [0.2, 0.25) is 0 Å². The third-order valence-electron chi connectivity index (χ3n) is 4.94. The van der Waals surface area contributed by atoms with Gasteiger partial charge in [0.2, 0.25) is 15.9 Å². The predicted octanol–water partition coefficient (Wildman–Crippen LogP) is 0.129. The quantitative estimate of drug-likeness (QED) is 0.574. The molecule has 1 fully saturated rings. The van der Waals surface area contributed by atoms with E-state index in [1.165, 1.54) is 16.4 Å². The maximum atomic E-state index is 12.6. The fourth-order valence-corrected chi connectivity index (χ4v) is 4.64. The number of nitrogens with zero attached hydrogens (tertiary/aromatic N) is 4. The summed E-state index contributed by atoms with van der Waals surface area (Å²) in [5, 5.41) is 10.8. The molecule has 1 amide bonds. The van der Waals surface area contributed by atoms with Crippen molar-refractivity contribution in [2.45, 2.75) is 18.0 Å². The summed E-state index contributed by atoms with van der Waals surface area (Å²) in [5.74, 6) is -0.406. The van der Waals surface area contributed by atoms with Gasteiger partial charge in [-0.25, -0.2) is 13.1 Å². The smallest absolute Gasteiger partial charge is 0.278 e. The van der Waals surface area contributed by atoms with Crippen LogP contribution in [0.1, 0.15) is 5.56 Å². The number of benzene rings is 2.